The molecule has 2 atom stereocenters. The molecule has 1 aliphatic carbocycles. The number of rotatable bonds is 3. The molecule has 0 fully saturated rings. The molecule has 0 aromatic heterocycles. The summed E-state index contributed by atoms with van der Waals surface area (Å²) in [6.07, 6.45) is 1.79. The molecule has 0 spiro atoms. The Morgan fingerprint density at radius 3 is 2.86 bits per heavy atom. The first-order chi connectivity index (χ1) is 10.4. The van der Waals surface area contributed by atoms with Crippen LogP contribution >= 0.6 is 0 Å². The third kappa shape index (κ3) is 4.19. The largest absolute Gasteiger partial charge is 0.728 e. The van der Waals surface area contributed by atoms with Gasteiger partial charge in [0.25, 0.3) is 0 Å². The van der Waals surface area contributed by atoms with Gasteiger partial charge in [0.15, 0.2) is 0 Å². The Morgan fingerprint density at radius 1 is 1.45 bits per heavy atom. The first kappa shape index (κ1) is 16.3. The lowest BCUT2D eigenvalue weighted by molar-refractivity contribution is 0.0660. The first-order valence-electron chi connectivity index (χ1n) is 7.40. The highest BCUT2D eigenvalue weighted by Gasteiger charge is 2.36. The number of carbonyl (C=O) groups excluding carboxylic acids is 1. The van der Waals surface area contributed by atoms with E-state index >= 15 is 0 Å². The lowest BCUT2D eigenvalue weighted by Crippen LogP contribution is -2.21. The molecule has 1 amide bonds. The second kappa shape index (κ2) is 6.76. The summed E-state index contributed by atoms with van der Waals surface area (Å²) in [6.45, 7) is 9.55. The molecule has 4 nitrogen and oxygen atoms in total. The van der Waals surface area contributed by atoms with Gasteiger partial charge in [-0.05, 0) is 31.9 Å². The van der Waals surface area contributed by atoms with Crippen LogP contribution in [0, 0.1) is 6.07 Å². The second-order valence-corrected chi connectivity index (χ2v) is 6.26. The molecule has 1 aliphatic rings. The average molecular weight is 300 g/mol. The molecule has 0 saturated heterocycles. The van der Waals surface area contributed by atoms with Crippen molar-refractivity contribution < 1.29 is 14.3 Å². The van der Waals surface area contributed by atoms with Crippen molar-refractivity contribution in [2.24, 2.45) is 0 Å². The van der Waals surface area contributed by atoms with Crippen LogP contribution in [0.25, 0.3) is 4.85 Å². The summed E-state index contributed by atoms with van der Waals surface area (Å²) in [4.78, 5) is 15.6. The van der Waals surface area contributed by atoms with E-state index in [1.165, 1.54) is 5.56 Å². The van der Waals surface area contributed by atoms with Gasteiger partial charge in [-0.1, -0.05) is 30.3 Å². The van der Waals surface area contributed by atoms with Crippen molar-refractivity contribution in [2.75, 3.05) is 6.61 Å². The summed E-state index contributed by atoms with van der Waals surface area (Å²) in [6, 6.07) is 11.0. The Kier molecular flexibility index (Phi) is 4.99. The van der Waals surface area contributed by atoms with Crippen molar-refractivity contribution in [3.05, 3.63) is 52.9 Å². The van der Waals surface area contributed by atoms with Gasteiger partial charge in [-0.2, -0.15) is 4.79 Å². The predicted molar refractivity (Wildman–Crippen MR) is 86.3 cm³/mol. The van der Waals surface area contributed by atoms with E-state index < -0.39 is 11.7 Å². The third-order valence-corrected chi connectivity index (χ3v) is 3.30. The van der Waals surface area contributed by atoms with Crippen molar-refractivity contribution in [3.63, 3.8) is 0 Å². The highest BCUT2D eigenvalue weighted by molar-refractivity contribution is 5.79. The highest BCUT2D eigenvalue weighted by Crippen LogP contribution is 2.34. The maximum atomic E-state index is 11.7. The summed E-state index contributed by atoms with van der Waals surface area (Å²) in [5, 5.41) is 0. The van der Waals surface area contributed by atoms with Crippen molar-refractivity contribution >= 4 is 6.09 Å². The third-order valence-electron chi connectivity index (χ3n) is 3.30. The number of hydrogen-bond donors (Lipinski definition) is 0. The lowest BCUT2D eigenvalue weighted by Gasteiger charge is -2.13. The standard InChI is InChI=1S/C18H22NO3/c1-5-10-21-16-11-13-8-6-7-9-14(13)15(16)12-19-17(20)22-18(2,3)4/h5-9,15-16H,1,10-11H2,2-4H3/q+1/t15?,16-/m0/s1. The molecule has 1 aromatic carbocycles. The number of nitrogens with zero attached hydrogens (tertiary/aromatic N) is 1. The molecule has 4 heteroatoms. The topological polar surface area (TPSA) is 39.9 Å². The summed E-state index contributed by atoms with van der Waals surface area (Å²) < 4.78 is 11.0. The van der Waals surface area contributed by atoms with Crippen LogP contribution in [-0.4, -0.2) is 24.4 Å². The zero-order valence-electron chi connectivity index (χ0n) is 13.3. The molecule has 0 radical (unpaired) electrons. The minimum atomic E-state index is -0.626. The number of ether oxygens (including phenoxy) is 2. The van der Waals surface area contributed by atoms with E-state index in [4.69, 9.17) is 9.47 Å². The van der Waals surface area contributed by atoms with Gasteiger partial charge in [0.1, 0.15) is 11.5 Å². The molecule has 0 aliphatic heterocycles. The van der Waals surface area contributed by atoms with Crippen LogP contribution in [0.1, 0.15) is 37.8 Å². The van der Waals surface area contributed by atoms with Crippen LogP contribution in [0.15, 0.2) is 36.9 Å². The van der Waals surface area contributed by atoms with E-state index in [0.717, 1.165) is 12.0 Å². The van der Waals surface area contributed by atoms with E-state index in [1.54, 1.807) is 26.8 Å². The smallest absolute Gasteiger partial charge is 0.392 e. The van der Waals surface area contributed by atoms with E-state index in [-0.39, 0.29) is 12.0 Å². The zero-order chi connectivity index (χ0) is 16.2. The van der Waals surface area contributed by atoms with Crippen molar-refractivity contribution in [3.8, 4) is 6.07 Å². The van der Waals surface area contributed by atoms with Crippen LogP contribution in [0.4, 0.5) is 4.79 Å². The Morgan fingerprint density at radius 2 is 2.18 bits per heavy atom. The molecule has 2 rings (SSSR count). The van der Waals surface area contributed by atoms with Crippen LogP contribution in [-0.2, 0) is 15.9 Å². The monoisotopic (exact) mass is 300 g/mol. The van der Waals surface area contributed by atoms with Gasteiger partial charge in [0, 0.05) is 6.42 Å². The molecule has 0 heterocycles. The second-order valence-electron chi connectivity index (χ2n) is 6.26. The van der Waals surface area contributed by atoms with Crippen LogP contribution in [0.2, 0.25) is 0 Å². The quantitative estimate of drug-likeness (QED) is 0.787. The summed E-state index contributed by atoms with van der Waals surface area (Å²) >= 11 is 0. The Hall–Kier alpha value is -2.12. The van der Waals surface area contributed by atoms with Crippen molar-refractivity contribution in [1.29, 1.82) is 0 Å². The number of amides is 1. The predicted octanol–water partition coefficient (Wildman–Crippen LogP) is 4.17. The molecular weight excluding hydrogens is 278 g/mol. The van der Waals surface area contributed by atoms with Crippen LogP contribution in [0.5, 0.6) is 0 Å². The molecule has 0 bridgehead atoms. The Labute approximate surface area is 131 Å². The summed E-state index contributed by atoms with van der Waals surface area (Å²) in [7, 11) is 0. The zero-order valence-corrected chi connectivity index (χ0v) is 13.3. The van der Waals surface area contributed by atoms with Crippen LogP contribution < -0.4 is 0 Å². The van der Waals surface area contributed by atoms with Gasteiger partial charge >= 0.3 is 12.2 Å². The fraction of sp³-hybridized carbons (Fsp3) is 0.444. The molecule has 0 N–H and O–H groups in total. The summed E-state index contributed by atoms with van der Waals surface area (Å²) in [5.41, 5.74) is 1.74. The summed E-state index contributed by atoms with van der Waals surface area (Å²) in [5.74, 6) is -0.163. The number of fused-ring (bicyclic) bond motifs is 1. The molecule has 1 aromatic rings. The van der Waals surface area contributed by atoms with Gasteiger partial charge in [-0.25, -0.2) is 0 Å². The maximum absolute atomic E-state index is 11.7. The fourth-order valence-corrected chi connectivity index (χ4v) is 2.46. The van der Waals surface area contributed by atoms with E-state index in [2.05, 4.69) is 23.6 Å². The van der Waals surface area contributed by atoms with Crippen LogP contribution in [0.3, 0.4) is 0 Å². The fourth-order valence-electron chi connectivity index (χ4n) is 2.46. The van der Waals surface area contributed by atoms with E-state index in [0.29, 0.717) is 6.61 Å². The minimum absolute atomic E-state index is 0.0819. The van der Waals surface area contributed by atoms with E-state index in [1.807, 2.05) is 18.2 Å². The van der Waals surface area contributed by atoms with Gasteiger partial charge in [-0.3, -0.25) is 0 Å². The SMILES string of the molecule is C=CCO[C@H]1Cc2ccccc2C1C#[N+]C(=O)OC(C)(C)C. The lowest BCUT2D eigenvalue weighted by atomic mass is 10.0. The number of benzene rings is 1. The van der Waals surface area contributed by atoms with Gasteiger partial charge in [0.05, 0.1) is 17.6 Å². The van der Waals surface area contributed by atoms with Gasteiger partial charge in [0.2, 0.25) is 0 Å². The molecule has 1 unspecified atom stereocenters. The van der Waals surface area contributed by atoms with Crippen molar-refractivity contribution in [2.45, 2.75) is 44.8 Å². The Balaban J connectivity index is 2.18. The Bertz CT molecular complexity index is 619. The first-order valence-corrected chi connectivity index (χ1v) is 7.40. The highest BCUT2D eigenvalue weighted by atomic mass is 16.6. The number of hydrogen-bond acceptors (Lipinski definition) is 3. The van der Waals surface area contributed by atoms with Crippen molar-refractivity contribution in [1.82, 2.24) is 0 Å². The normalized spacial score (nSPS) is 19.8. The molecular formula is C18H22NO3+. The molecule has 116 valence electrons. The molecule has 0 saturated carbocycles. The average Bonchev–Trinajstić information content (AvgIpc) is 2.78. The van der Waals surface area contributed by atoms with E-state index in [9.17, 15) is 4.79 Å². The number of carbonyl (C=O) groups is 1. The van der Waals surface area contributed by atoms with Gasteiger partial charge in [-0.15, -0.1) is 6.58 Å². The minimum Gasteiger partial charge on any atom is -0.392 e. The van der Waals surface area contributed by atoms with Gasteiger partial charge < -0.3 is 9.47 Å². The maximum Gasteiger partial charge on any atom is 0.728 e. The molecule has 22 heavy (non-hydrogen) atoms.